The van der Waals surface area contributed by atoms with Gasteiger partial charge in [0.1, 0.15) is 11.6 Å². The largest absolute Gasteiger partial charge is 0.381 e. The van der Waals surface area contributed by atoms with Crippen molar-refractivity contribution >= 4 is 34.8 Å². The first-order valence-electron chi connectivity index (χ1n) is 5.56. The van der Waals surface area contributed by atoms with Gasteiger partial charge in [-0.15, -0.1) is 0 Å². The van der Waals surface area contributed by atoms with E-state index >= 15 is 0 Å². The highest BCUT2D eigenvalue weighted by Crippen LogP contribution is 2.29. The lowest BCUT2D eigenvalue weighted by atomic mass is 10.1. The molecule has 1 aliphatic rings. The van der Waals surface area contributed by atoms with Crippen molar-refractivity contribution in [3.05, 3.63) is 16.1 Å². The van der Waals surface area contributed by atoms with Crippen molar-refractivity contribution in [1.82, 2.24) is 4.98 Å². The molecule has 0 bridgehead atoms. The van der Waals surface area contributed by atoms with Gasteiger partial charge in [0, 0.05) is 26.1 Å². The van der Waals surface area contributed by atoms with Gasteiger partial charge in [0.25, 0.3) is 0 Å². The molecule has 1 aromatic rings. The summed E-state index contributed by atoms with van der Waals surface area (Å²) in [4.78, 5) is 4.32. The third kappa shape index (κ3) is 3.15. The molecule has 6 heteroatoms. The maximum Gasteiger partial charge on any atom is 0.147 e. The third-order valence-corrected chi connectivity index (χ3v) is 3.32. The first kappa shape index (κ1) is 12.7. The maximum absolute atomic E-state index is 6.08. The van der Waals surface area contributed by atoms with E-state index in [0.717, 1.165) is 26.2 Å². The van der Waals surface area contributed by atoms with Crippen molar-refractivity contribution in [2.24, 2.45) is 5.92 Å². The van der Waals surface area contributed by atoms with Crippen LogP contribution in [0.1, 0.15) is 6.42 Å². The highest BCUT2D eigenvalue weighted by atomic mass is 35.5. The van der Waals surface area contributed by atoms with Crippen LogP contribution in [0.15, 0.2) is 6.07 Å². The Hall–Kier alpha value is -0.710. The summed E-state index contributed by atoms with van der Waals surface area (Å²) >= 11 is 12.0. The van der Waals surface area contributed by atoms with Gasteiger partial charge in [-0.3, -0.25) is 0 Å². The van der Waals surface area contributed by atoms with Crippen molar-refractivity contribution in [2.45, 2.75) is 6.42 Å². The summed E-state index contributed by atoms with van der Waals surface area (Å²) in [7, 11) is 1.77. The highest BCUT2D eigenvalue weighted by molar-refractivity contribution is 6.37. The minimum absolute atomic E-state index is 0.521. The summed E-state index contributed by atoms with van der Waals surface area (Å²) < 4.78 is 5.31. The lowest BCUT2D eigenvalue weighted by Gasteiger charge is -2.13. The van der Waals surface area contributed by atoms with Crippen LogP contribution >= 0.6 is 23.2 Å². The van der Waals surface area contributed by atoms with Crippen molar-refractivity contribution in [3.63, 3.8) is 0 Å². The van der Waals surface area contributed by atoms with Crippen LogP contribution in [0.4, 0.5) is 11.6 Å². The van der Waals surface area contributed by atoms with Crippen molar-refractivity contribution in [3.8, 4) is 0 Å². The van der Waals surface area contributed by atoms with E-state index in [2.05, 4.69) is 15.6 Å². The number of anilines is 2. The second kappa shape index (κ2) is 5.76. The van der Waals surface area contributed by atoms with Gasteiger partial charge in [-0.1, -0.05) is 23.2 Å². The van der Waals surface area contributed by atoms with E-state index < -0.39 is 0 Å². The molecule has 2 rings (SSSR count). The number of pyridine rings is 1. The summed E-state index contributed by atoms with van der Waals surface area (Å²) in [6.45, 7) is 2.46. The van der Waals surface area contributed by atoms with Gasteiger partial charge in [-0.2, -0.15) is 0 Å². The summed E-state index contributed by atoms with van der Waals surface area (Å²) in [5.74, 6) is 1.81. The first-order chi connectivity index (χ1) is 8.20. The van der Waals surface area contributed by atoms with Crippen LogP contribution < -0.4 is 10.6 Å². The summed E-state index contributed by atoms with van der Waals surface area (Å²) in [5.41, 5.74) is 0. The SMILES string of the molecule is CNc1nc(NCC2CCOC2)c(Cl)cc1Cl. The predicted octanol–water partition coefficient (Wildman–Crippen LogP) is 2.88. The fraction of sp³-hybridized carbons (Fsp3) is 0.545. The van der Waals surface area contributed by atoms with Gasteiger partial charge in [0.2, 0.25) is 0 Å². The molecule has 1 aromatic heterocycles. The Bertz CT molecular complexity index is 395. The zero-order chi connectivity index (χ0) is 12.3. The summed E-state index contributed by atoms with van der Waals surface area (Å²) in [6.07, 6.45) is 1.08. The first-order valence-corrected chi connectivity index (χ1v) is 6.31. The van der Waals surface area contributed by atoms with E-state index in [0.29, 0.717) is 27.6 Å². The number of nitrogens with zero attached hydrogens (tertiary/aromatic N) is 1. The molecule has 2 N–H and O–H groups in total. The number of rotatable bonds is 4. The molecule has 0 amide bonds. The molecule has 1 unspecified atom stereocenters. The molecule has 1 fully saturated rings. The van der Waals surface area contributed by atoms with E-state index in [1.807, 2.05) is 0 Å². The van der Waals surface area contributed by atoms with Crippen LogP contribution in [0, 0.1) is 5.92 Å². The van der Waals surface area contributed by atoms with Crippen molar-refractivity contribution in [2.75, 3.05) is 37.4 Å². The van der Waals surface area contributed by atoms with Gasteiger partial charge < -0.3 is 15.4 Å². The fourth-order valence-electron chi connectivity index (χ4n) is 1.75. The lowest BCUT2D eigenvalue weighted by molar-refractivity contribution is 0.187. The average Bonchev–Trinajstić information content (AvgIpc) is 2.81. The van der Waals surface area contributed by atoms with Crippen LogP contribution in [0.2, 0.25) is 10.0 Å². The van der Waals surface area contributed by atoms with Gasteiger partial charge in [0.15, 0.2) is 0 Å². The standard InChI is InChI=1S/C11H15Cl2N3O/c1-14-10-8(12)4-9(13)11(16-10)15-5-7-2-3-17-6-7/h4,7H,2-3,5-6H2,1H3,(H2,14,15,16). The highest BCUT2D eigenvalue weighted by Gasteiger charge is 2.16. The average molecular weight is 276 g/mol. The van der Waals surface area contributed by atoms with Gasteiger partial charge in [-0.25, -0.2) is 4.98 Å². The lowest BCUT2D eigenvalue weighted by Crippen LogP contribution is -2.15. The van der Waals surface area contributed by atoms with Crippen LogP contribution in [0.3, 0.4) is 0 Å². The van der Waals surface area contributed by atoms with Gasteiger partial charge in [-0.05, 0) is 12.5 Å². The topological polar surface area (TPSA) is 46.2 Å². The predicted molar refractivity (Wildman–Crippen MR) is 71.2 cm³/mol. The van der Waals surface area contributed by atoms with E-state index in [1.54, 1.807) is 13.1 Å². The van der Waals surface area contributed by atoms with Crippen molar-refractivity contribution in [1.29, 1.82) is 0 Å². The molecule has 1 aliphatic heterocycles. The Balaban J connectivity index is 2.03. The Morgan fingerprint density at radius 1 is 1.41 bits per heavy atom. The monoisotopic (exact) mass is 275 g/mol. The molecule has 0 spiro atoms. The minimum Gasteiger partial charge on any atom is -0.381 e. The summed E-state index contributed by atoms with van der Waals surface area (Å²) in [5, 5.41) is 7.22. The molecule has 1 saturated heterocycles. The molecule has 17 heavy (non-hydrogen) atoms. The van der Waals surface area contributed by atoms with Gasteiger partial charge in [0.05, 0.1) is 16.7 Å². The van der Waals surface area contributed by atoms with E-state index in [-0.39, 0.29) is 0 Å². The molecule has 4 nitrogen and oxygen atoms in total. The smallest absolute Gasteiger partial charge is 0.147 e. The van der Waals surface area contributed by atoms with Crippen LogP contribution in [0.5, 0.6) is 0 Å². The van der Waals surface area contributed by atoms with E-state index in [1.165, 1.54) is 0 Å². The molecule has 0 radical (unpaired) electrons. The third-order valence-electron chi connectivity index (χ3n) is 2.75. The number of nitrogens with one attached hydrogen (secondary N) is 2. The van der Waals surface area contributed by atoms with Crippen molar-refractivity contribution < 1.29 is 4.74 Å². The van der Waals surface area contributed by atoms with Crippen LogP contribution in [0.25, 0.3) is 0 Å². The quantitative estimate of drug-likeness (QED) is 0.887. The Morgan fingerprint density at radius 3 is 2.82 bits per heavy atom. The number of aromatic nitrogens is 1. The number of ether oxygens (including phenoxy) is 1. The van der Waals surface area contributed by atoms with E-state index in [9.17, 15) is 0 Å². The number of hydrogen-bond acceptors (Lipinski definition) is 4. The maximum atomic E-state index is 6.08. The number of halogens is 2. The molecule has 0 aliphatic carbocycles. The minimum atomic E-state index is 0.521. The normalized spacial score (nSPS) is 19.4. The number of hydrogen-bond donors (Lipinski definition) is 2. The Labute approximate surface area is 111 Å². The Kier molecular flexibility index (Phi) is 4.31. The van der Waals surface area contributed by atoms with Crippen LogP contribution in [-0.4, -0.2) is 31.8 Å². The second-order valence-corrected chi connectivity index (χ2v) is 4.82. The molecular weight excluding hydrogens is 261 g/mol. The molecule has 94 valence electrons. The van der Waals surface area contributed by atoms with E-state index in [4.69, 9.17) is 27.9 Å². The van der Waals surface area contributed by atoms with Crippen LogP contribution in [-0.2, 0) is 4.74 Å². The molecule has 2 heterocycles. The molecule has 0 aromatic carbocycles. The van der Waals surface area contributed by atoms with Gasteiger partial charge >= 0.3 is 0 Å². The Morgan fingerprint density at radius 2 is 2.18 bits per heavy atom. The molecule has 1 atom stereocenters. The second-order valence-electron chi connectivity index (χ2n) is 4.01. The summed E-state index contributed by atoms with van der Waals surface area (Å²) in [6, 6.07) is 1.69. The molecule has 0 saturated carbocycles. The molecular formula is C11H15Cl2N3O. The fourth-order valence-corrected chi connectivity index (χ4v) is 2.27. The zero-order valence-corrected chi connectivity index (χ0v) is 11.1. The zero-order valence-electron chi connectivity index (χ0n) is 9.59.